The summed E-state index contributed by atoms with van der Waals surface area (Å²) in [6.07, 6.45) is 2.60. The van der Waals surface area contributed by atoms with E-state index in [0.717, 1.165) is 30.1 Å². The maximum atomic E-state index is 12.3. The van der Waals surface area contributed by atoms with Gasteiger partial charge >= 0.3 is 0 Å². The van der Waals surface area contributed by atoms with Crippen molar-refractivity contribution in [2.45, 2.75) is 25.3 Å². The number of carbonyl (C=O) groups excluding carboxylic acids is 1. The number of anilines is 1. The number of carbonyl (C=O) groups is 1. The Morgan fingerprint density at radius 1 is 1.36 bits per heavy atom. The summed E-state index contributed by atoms with van der Waals surface area (Å²) in [4.78, 5) is 15.4. The minimum absolute atomic E-state index is 0.191. The van der Waals surface area contributed by atoms with E-state index in [1.807, 2.05) is 29.6 Å². The molecular weight excluding hydrogens is 300 g/mol. The van der Waals surface area contributed by atoms with Crippen LogP contribution in [-0.2, 0) is 0 Å². The molecule has 0 saturated carbocycles. The van der Waals surface area contributed by atoms with Gasteiger partial charge in [-0.1, -0.05) is 6.07 Å². The zero-order valence-electron chi connectivity index (χ0n) is 11.8. The van der Waals surface area contributed by atoms with Crippen LogP contribution in [0.4, 0.5) is 5.82 Å². The average Bonchev–Trinajstić information content (AvgIpc) is 3.27. The maximum Gasteiger partial charge on any atom is 0.200 e. The molecule has 7 nitrogen and oxygen atoms in total. The van der Waals surface area contributed by atoms with Crippen LogP contribution >= 0.6 is 11.3 Å². The highest BCUT2D eigenvalue weighted by molar-refractivity contribution is 7.12. The lowest BCUT2D eigenvalue weighted by molar-refractivity contribution is 0.0978. The molecule has 1 aliphatic rings. The van der Waals surface area contributed by atoms with Crippen LogP contribution in [0, 0.1) is 0 Å². The van der Waals surface area contributed by atoms with E-state index in [1.54, 1.807) is 0 Å². The zero-order valence-corrected chi connectivity index (χ0v) is 12.6. The second kappa shape index (κ2) is 5.45. The van der Waals surface area contributed by atoms with E-state index in [1.165, 1.54) is 16.0 Å². The number of fused-ring (bicyclic) bond motifs is 1. The van der Waals surface area contributed by atoms with Crippen molar-refractivity contribution in [1.82, 2.24) is 25.3 Å². The molecule has 4 heterocycles. The lowest BCUT2D eigenvalue weighted by Crippen LogP contribution is -2.32. The second-order valence-corrected chi connectivity index (χ2v) is 6.26. The normalized spacial score (nSPS) is 18.2. The Bertz CT molecular complexity index is 799. The fourth-order valence-corrected chi connectivity index (χ4v) is 3.57. The molecule has 1 saturated heterocycles. The van der Waals surface area contributed by atoms with Crippen LogP contribution in [0.5, 0.6) is 0 Å². The highest BCUT2D eigenvalue weighted by atomic mass is 32.1. The monoisotopic (exact) mass is 314 g/mol. The fourth-order valence-electron chi connectivity index (χ4n) is 2.89. The average molecular weight is 314 g/mol. The maximum absolute atomic E-state index is 12.3. The molecule has 0 bridgehead atoms. The summed E-state index contributed by atoms with van der Waals surface area (Å²) in [5, 5.41) is 17.7. The van der Waals surface area contributed by atoms with Crippen LogP contribution in [0.2, 0.25) is 0 Å². The van der Waals surface area contributed by atoms with Crippen molar-refractivity contribution in [2.75, 3.05) is 11.4 Å². The van der Waals surface area contributed by atoms with Gasteiger partial charge in [-0.25, -0.2) is 0 Å². The van der Waals surface area contributed by atoms with E-state index >= 15 is 0 Å². The van der Waals surface area contributed by atoms with E-state index in [2.05, 4.69) is 25.5 Å². The molecule has 4 rings (SSSR count). The van der Waals surface area contributed by atoms with Crippen LogP contribution in [-0.4, -0.2) is 43.6 Å². The summed E-state index contributed by atoms with van der Waals surface area (Å²) >= 11 is 1.50. The van der Waals surface area contributed by atoms with Gasteiger partial charge in [0.2, 0.25) is 0 Å². The Morgan fingerprint density at radius 2 is 2.32 bits per heavy atom. The standard InChI is InChI=1S/C14H14N6OS/c21-11(12-4-2-8-22-12)9-10-3-1-7-19(10)14-6-5-13-15-17-18-20(13)16-14/h2,4-6,8,10H,1,3,7,9H2/t10-/m1/s1. The number of tetrazole rings is 1. The third-order valence-electron chi connectivity index (χ3n) is 3.94. The lowest BCUT2D eigenvalue weighted by Gasteiger charge is -2.24. The first-order valence-corrected chi connectivity index (χ1v) is 8.08. The van der Waals surface area contributed by atoms with Crippen molar-refractivity contribution in [3.63, 3.8) is 0 Å². The largest absolute Gasteiger partial charge is 0.352 e. The van der Waals surface area contributed by atoms with Crippen molar-refractivity contribution in [3.05, 3.63) is 34.5 Å². The molecule has 0 aliphatic carbocycles. The van der Waals surface area contributed by atoms with Gasteiger partial charge in [0.1, 0.15) is 0 Å². The van der Waals surface area contributed by atoms with Crippen LogP contribution < -0.4 is 4.90 Å². The van der Waals surface area contributed by atoms with E-state index in [-0.39, 0.29) is 11.8 Å². The van der Waals surface area contributed by atoms with Crippen molar-refractivity contribution < 1.29 is 4.79 Å². The molecule has 0 spiro atoms. The second-order valence-electron chi connectivity index (χ2n) is 5.31. The smallest absolute Gasteiger partial charge is 0.200 e. The number of nitrogens with zero attached hydrogens (tertiary/aromatic N) is 6. The number of ketones is 1. The summed E-state index contributed by atoms with van der Waals surface area (Å²) in [7, 11) is 0. The summed E-state index contributed by atoms with van der Waals surface area (Å²) in [5.74, 6) is 1.02. The van der Waals surface area contributed by atoms with E-state index in [0.29, 0.717) is 12.1 Å². The molecule has 1 fully saturated rings. The minimum Gasteiger partial charge on any atom is -0.352 e. The van der Waals surface area contributed by atoms with E-state index in [9.17, 15) is 4.79 Å². The molecule has 1 aliphatic heterocycles. The number of thiophene rings is 1. The van der Waals surface area contributed by atoms with Gasteiger partial charge in [-0.2, -0.15) is 0 Å². The lowest BCUT2D eigenvalue weighted by atomic mass is 10.1. The Labute approximate surface area is 130 Å². The molecule has 3 aromatic heterocycles. The summed E-state index contributed by atoms with van der Waals surface area (Å²) in [6.45, 7) is 0.906. The Hall–Kier alpha value is -2.35. The third kappa shape index (κ3) is 2.35. The van der Waals surface area contributed by atoms with Gasteiger partial charge in [-0.3, -0.25) is 4.79 Å². The van der Waals surface area contributed by atoms with Crippen LogP contribution in [0.3, 0.4) is 0 Å². The molecule has 8 heteroatoms. The SMILES string of the molecule is O=C(C[C@H]1CCCN1c1ccc2nnnn2n1)c1cccs1. The van der Waals surface area contributed by atoms with Gasteiger partial charge in [-0.05, 0) is 46.8 Å². The molecule has 0 unspecified atom stereocenters. The van der Waals surface area contributed by atoms with Crippen LogP contribution in [0.25, 0.3) is 5.65 Å². The molecule has 0 N–H and O–H groups in total. The first kappa shape index (κ1) is 13.3. The molecule has 1 atom stereocenters. The van der Waals surface area contributed by atoms with Crippen molar-refractivity contribution in [2.24, 2.45) is 0 Å². The van der Waals surface area contributed by atoms with Crippen molar-refractivity contribution >= 4 is 28.6 Å². The first-order valence-electron chi connectivity index (χ1n) is 7.20. The van der Waals surface area contributed by atoms with Crippen molar-refractivity contribution in [3.8, 4) is 0 Å². The van der Waals surface area contributed by atoms with Gasteiger partial charge in [0.05, 0.1) is 4.88 Å². The summed E-state index contributed by atoms with van der Waals surface area (Å²) in [5.41, 5.74) is 0.620. The molecule has 3 aromatic rings. The number of aromatic nitrogens is 5. The third-order valence-corrected chi connectivity index (χ3v) is 4.85. The fraction of sp³-hybridized carbons (Fsp3) is 0.357. The van der Waals surface area contributed by atoms with E-state index in [4.69, 9.17) is 0 Å². The van der Waals surface area contributed by atoms with Gasteiger partial charge in [-0.15, -0.1) is 26.2 Å². The first-order chi connectivity index (χ1) is 10.8. The summed E-state index contributed by atoms with van der Waals surface area (Å²) in [6, 6.07) is 7.75. The topological polar surface area (TPSA) is 76.3 Å². The predicted molar refractivity (Wildman–Crippen MR) is 82.2 cm³/mol. The minimum atomic E-state index is 0.191. The molecule has 0 amide bonds. The number of hydrogen-bond donors (Lipinski definition) is 0. The van der Waals surface area contributed by atoms with E-state index < -0.39 is 0 Å². The van der Waals surface area contributed by atoms with Crippen molar-refractivity contribution in [1.29, 1.82) is 0 Å². The molecule has 112 valence electrons. The van der Waals surface area contributed by atoms with Gasteiger partial charge in [0, 0.05) is 19.0 Å². The zero-order chi connectivity index (χ0) is 14.9. The highest BCUT2D eigenvalue weighted by Crippen LogP contribution is 2.27. The van der Waals surface area contributed by atoms with Gasteiger partial charge in [0.15, 0.2) is 17.2 Å². The molecular formula is C14H14N6OS. The van der Waals surface area contributed by atoms with Gasteiger partial charge < -0.3 is 4.90 Å². The molecule has 22 heavy (non-hydrogen) atoms. The number of hydrogen-bond acceptors (Lipinski definition) is 7. The Balaban J connectivity index is 1.56. The van der Waals surface area contributed by atoms with Crippen LogP contribution in [0.1, 0.15) is 28.9 Å². The van der Waals surface area contributed by atoms with Crippen LogP contribution in [0.15, 0.2) is 29.6 Å². The highest BCUT2D eigenvalue weighted by Gasteiger charge is 2.28. The summed E-state index contributed by atoms with van der Waals surface area (Å²) < 4.78 is 1.42. The predicted octanol–water partition coefficient (Wildman–Crippen LogP) is 1.82. The quantitative estimate of drug-likeness (QED) is 0.684. The number of Topliss-reactive ketones (excluding diaryl/α,β-unsaturated/α-hetero) is 1. The number of rotatable bonds is 4. The Kier molecular flexibility index (Phi) is 3.30. The van der Waals surface area contributed by atoms with Gasteiger partial charge in [0.25, 0.3) is 0 Å². The Morgan fingerprint density at radius 3 is 3.18 bits per heavy atom. The molecule has 0 radical (unpaired) electrons. The molecule has 0 aromatic carbocycles.